The van der Waals surface area contributed by atoms with E-state index in [1.807, 2.05) is 0 Å². The molecule has 76 valence electrons. The van der Waals surface area contributed by atoms with Crippen LogP contribution in [0, 0.1) is 5.92 Å². The van der Waals surface area contributed by atoms with Crippen molar-refractivity contribution >= 4 is 11.6 Å². The van der Waals surface area contributed by atoms with Crippen LogP contribution in [-0.4, -0.2) is 29.9 Å². The molecule has 0 radical (unpaired) electrons. The second kappa shape index (κ2) is 4.65. The second-order valence-corrected chi connectivity index (χ2v) is 4.94. The lowest BCUT2D eigenvalue weighted by molar-refractivity contribution is 0.232. The van der Waals surface area contributed by atoms with Crippen LogP contribution in [0.15, 0.2) is 0 Å². The van der Waals surface area contributed by atoms with Crippen LogP contribution in [0.25, 0.3) is 0 Å². The predicted molar refractivity (Wildman–Crippen MR) is 57.3 cm³/mol. The molecular formula is C11H20ClN. The summed E-state index contributed by atoms with van der Waals surface area (Å²) in [6, 6.07) is 0.874. The Hall–Kier alpha value is 0.250. The van der Waals surface area contributed by atoms with Gasteiger partial charge in [0.25, 0.3) is 0 Å². The van der Waals surface area contributed by atoms with E-state index in [-0.39, 0.29) is 0 Å². The maximum absolute atomic E-state index is 5.73. The van der Waals surface area contributed by atoms with Gasteiger partial charge in [-0.05, 0) is 51.0 Å². The van der Waals surface area contributed by atoms with E-state index in [0.717, 1.165) is 17.8 Å². The molecule has 13 heavy (non-hydrogen) atoms. The molecule has 1 aliphatic carbocycles. The normalized spacial score (nSPS) is 29.8. The minimum Gasteiger partial charge on any atom is -0.300 e. The molecule has 2 rings (SSSR count). The van der Waals surface area contributed by atoms with Crippen molar-refractivity contribution in [3.63, 3.8) is 0 Å². The summed E-state index contributed by atoms with van der Waals surface area (Å²) in [4.78, 5) is 2.71. The summed E-state index contributed by atoms with van der Waals surface area (Å²) in [5.74, 6) is 1.89. The average molecular weight is 202 g/mol. The van der Waals surface area contributed by atoms with Gasteiger partial charge in [0.05, 0.1) is 0 Å². The van der Waals surface area contributed by atoms with Crippen molar-refractivity contribution in [2.24, 2.45) is 5.92 Å². The van der Waals surface area contributed by atoms with Crippen molar-refractivity contribution in [3.05, 3.63) is 0 Å². The topological polar surface area (TPSA) is 3.24 Å². The SMILES string of the molecule is ClCCCC1CCCN1CC1CC1. The van der Waals surface area contributed by atoms with E-state index in [1.165, 1.54) is 51.6 Å². The van der Waals surface area contributed by atoms with Crippen molar-refractivity contribution < 1.29 is 0 Å². The van der Waals surface area contributed by atoms with Gasteiger partial charge in [-0.1, -0.05) is 0 Å². The highest BCUT2D eigenvalue weighted by Gasteiger charge is 2.30. The standard InChI is InChI=1S/C11H20ClN/c12-7-1-3-11-4-2-8-13(11)9-10-5-6-10/h10-11H,1-9H2. The largest absolute Gasteiger partial charge is 0.300 e. The highest BCUT2D eigenvalue weighted by Crippen LogP contribution is 2.33. The summed E-state index contributed by atoms with van der Waals surface area (Å²) in [7, 11) is 0. The molecule has 2 heteroatoms. The molecule has 1 saturated heterocycles. The zero-order valence-electron chi connectivity index (χ0n) is 8.34. The number of rotatable bonds is 5. The molecule has 0 aromatic carbocycles. The number of alkyl halides is 1. The van der Waals surface area contributed by atoms with Crippen LogP contribution in [0.5, 0.6) is 0 Å². The molecular weight excluding hydrogens is 182 g/mol. The smallest absolute Gasteiger partial charge is 0.0224 e. The van der Waals surface area contributed by atoms with E-state index in [9.17, 15) is 0 Å². The van der Waals surface area contributed by atoms with Crippen LogP contribution in [0.2, 0.25) is 0 Å². The van der Waals surface area contributed by atoms with Crippen molar-refractivity contribution in [1.82, 2.24) is 4.90 Å². The summed E-state index contributed by atoms with van der Waals surface area (Å²) < 4.78 is 0. The molecule has 2 fully saturated rings. The second-order valence-electron chi connectivity index (χ2n) is 4.57. The van der Waals surface area contributed by atoms with Gasteiger partial charge in [0, 0.05) is 18.5 Å². The fraction of sp³-hybridized carbons (Fsp3) is 1.00. The summed E-state index contributed by atoms with van der Waals surface area (Å²) in [6.07, 6.45) is 8.34. The number of hydrogen-bond acceptors (Lipinski definition) is 1. The molecule has 1 unspecified atom stereocenters. The van der Waals surface area contributed by atoms with Gasteiger partial charge in [0.2, 0.25) is 0 Å². The molecule has 1 saturated carbocycles. The van der Waals surface area contributed by atoms with Crippen LogP contribution in [-0.2, 0) is 0 Å². The van der Waals surface area contributed by atoms with Crippen molar-refractivity contribution in [2.75, 3.05) is 19.0 Å². The fourth-order valence-electron chi connectivity index (χ4n) is 2.41. The lowest BCUT2D eigenvalue weighted by Gasteiger charge is -2.23. The summed E-state index contributed by atoms with van der Waals surface area (Å²) in [6.45, 7) is 2.73. The van der Waals surface area contributed by atoms with Gasteiger partial charge in [-0.25, -0.2) is 0 Å². The van der Waals surface area contributed by atoms with E-state index in [1.54, 1.807) is 0 Å². The fourth-order valence-corrected chi connectivity index (χ4v) is 2.56. The average Bonchev–Trinajstić information content (AvgIpc) is 2.82. The van der Waals surface area contributed by atoms with Crippen LogP contribution in [0.4, 0.5) is 0 Å². The third-order valence-electron chi connectivity index (χ3n) is 3.36. The molecule has 1 aliphatic heterocycles. The molecule has 0 spiro atoms. The molecule has 0 N–H and O–H groups in total. The minimum atomic E-state index is 0.841. The quantitative estimate of drug-likeness (QED) is 0.619. The first kappa shape index (κ1) is 9.79. The summed E-state index contributed by atoms with van der Waals surface area (Å²) in [5.41, 5.74) is 0. The van der Waals surface area contributed by atoms with E-state index in [0.29, 0.717) is 0 Å². The first-order chi connectivity index (χ1) is 6.40. The van der Waals surface area contributed by atoms with E-state index in [2.05, 4.69) is 4.90 Å². The summed E-state index contributed by atoms with van der Waals surface area (Å²) in [5, 5.41) is 0. The van der Waals surface area contributed by atoms with Gasteiger partial charge in [0.1, 0.15) is 0 Å². The van der Waals surface area contributed by atoms with Crippen LogP contribution in [0.1, 0.15) is 38.5 Å². The van der Waals surface area contributed by atoms with Gasteiger partial charge < -0.3 is 4.90 Å². The predicted octanol–water partition coefficient (Wildman–Crippen LogP) is 2.88. The zero-order chi connectivity index (χ0) is 9.10. The highest BCUT2D eigenvalue weighted by molar-refractivity contribution is 6.17. The number of halogens is 1. The van der Waals surface area contributed by atoms with Gasteiger partial charge >= 0.3 is 0 Å². The van der Waals surface area contributed by atoms with Gasteiger partial charge in [-0.3, -0.25) is 0 Å². The van der Waals surface area contributed by atoms with Crippen molar-refractivity contribution in [3.8, 4) is 0 Å². The Balaban J connectivity index is 1.72. The first-order valence-electron chi connectivity index (χ1n) is 5.70. The van der Waals surface area contributed by atoms with Gasteiger partial charge in [-0.2, -0.15) is 0 Å². The van der Waals surface area contributed by atoms with E-state index in [4.69, 9.17) is 11.6 Å². The lowest BCUT2D eigenvalue weighted by Crippen LogP contribution is -2.31. The first-order valence-corrected chi connectivity index (χ1v) is 6.23. The lowest BCUT2D eigenvalue weighted by atomic mass is 10.1. The monoisotopic (exact) mass is 201 g/mol. The van der Waals surface area contributed by atoms with Gasteiger partial charge in [-0.15, -0.1) is 11.6 Å². The Morgan fingerprint density at radius 2 is 2.08 bits per heavy atom. The van der Waals surface area contributed by atoms with E-state index >= 15 is 0 Å². The molecule has 0 bridgehead atoms. The third-order valence-corrected chi connectivity index (χ3v) is 3.63. The highest BCUT2D eigenvalue weighted by atomic mass is 35.5. The molecule has 1 heterocycles. The Morgan fingerprint density at radius 3 is 2.77 bits per heavy atom. The molecule has 1 nitrogen and oxygen atoms in total. The van der Waals surface area contributed by atoms with Crippen LogP contribution >= 0.6 is 11.6 Å². The maximum Gasteiger partial charge on any atom is 0.0224 e. The molecule has 2 aliphatic rings. The maximum atomic E-state index is 5.73. The number of nitrogens with zero attached hydrogens (tertiary/aromatic N) is 1. The number of likely N-dealkylation sites (tertiary alicyclic amines) is 1. The Labute approximate surface area is 86.4 Å². The molecule has 0 amide bonds. The molecule has 0 aromatic heterocycles. The summed E-state index contributed by atoms with van der Waals surface area (Å²) >= 11 is 5.73. The Kier molecular flexibility index (Phi) is 3.51. The van der Waals surface area contributed by atoms with Gasteiger partial charge in [0.15, 0.2) is 0 Å². The number of hydrogen-bond donors (Lipinski definition) is 0. The molecule has 1 atom stereocenters. The third kappa shape index (κ3) is 2.85. The Morgan fingerprint density at radius 1 is 1.23 bits per heavy atom. The zero-order valence-corrected chi connectivity index (χ0v) is 9.10. The van der Waals surface area contributed by atoms with Crippen LogP contribution in [0.3, 0.4) is 0 Å². The van der Waals surface area contributed by atoms with E-state index < -0.39 is 0 Å². The Bertz CT molecular complexity index is 156. The van der Waals surface area contributed by atoms with Crippen LogP contribution < -0.4 is 0 Å². The van der Waals surface area contributed by atoms with Crippen molar-refractivity contribution in [1.29, 1.82) is 0 Å². The molecule has 0 aromatic rings. The minimum absolute atomic E-state index is 0.841. The van der Waals surface area contributed by atoms with Crippen molar-refractivity contribution in [2.45, 2.75) is 44.6 Å².